The Kier molecular flexibility index (Phi) is 7.94. The molecule has 0 spiro atoms. The SMILES string of the molecule is COc1cc(C(c2[nH]c3ccccc3c2CC(=O)O)c2[nH]c3ccccc3c2CC(=O)O)ccc1Oc1nc(NC2CC2)nc(NC2CC2)n1. The molecule has 2 aliphatic rings. The van der Waals surface area contributed by atoms with E-state index in [0.29, 0.717) is 63.6 Å². The molecule has 6 aromatic rings. The van der Waals surface area contributed by atoms with Gasteiger partial charge in [-0.05, 0) is 66.6 Å². The molecule has 254 valence electrons. The van der Waals surface area contributed by atoms with E-state index in [-0.39, 0.29) is 18.9 Å². The van der Waals surface area contributed by atoms with E-state index in [9.17, 15) is 19.8 Å². The molecule has 50 heavy (non-hydrogen) atoms. The number of aromatic amines is 2. The first kappa shape index (κ1) is 31.2. The first-order valence-corrected chi connectivity index (χ1v) is 16.6. The van der Waals surface area contributed by atoms with Crippen LogP contribution in [0.15, 0.2) is 66.7 Å². The number of methoxy groups -OCH3 is 1. The standard InChI is InChI=1S/C37H35N7O6/c1-49-29-16-19(10-15-28(29)50-37-43-35(38-20-11-12-20)42-36(44-37)39-21-13-14-21)32(33-24(17-30(45)46)22-6-2-4-8-26(22)40-33)34-25(18-31(47)48)23-7-3-5-9-27(23)41-34/h2-10,15-16,20-21,32,40-41H,11-14,17-18H2,1H3,(H,45,46)(H,47,48)(H2,38,39,42,43,44). The van der Waals surface area contributed by atoms with Gasteiger partial charge in [-0.3, -0.25) is 9.59 Å². The summed E-state index contributed by atoms with van der Waals surface area (Å²) in [6.45, 7) is 0. The molecule has 0 radical (unpaired) electrons. The van der Waals surface area contributed by atoms with Crippen LogP contribution < -0.4 is 20.1 Å². The molecule has 2 fully saturated rings. The molecule has 3 aromatic carbocycles. The van der Waals surface area contributed by atoms with Crippen molar-refractivity contribution >= 4 is 45.6 Å². The van der Waals surface area contributed by atoms with E-state index < -0.39 is 17.9 Å². The average molecular weight is 674 g/mol. The molecular formula is C37H35N7O6. The summed E-state index contributed by atoms with van der Waals surface area (Å²) in [5.41, 5.74) is 4.73. The summed E-state index contributed by atoms with van der Waals surface area (Å²) >= 11 is 0. The zero-order valence-corrected chi connectivity index (χ0v) is 27.2. The number of hydrogen-bond donors (Lipinski definition) is 6. The summed E-state index contributed by atoms with van der Waals surface area (Å²) < 4.78 is 12.1. The fourth-order valence-corrected chi connectivity index (χ4v) is 6.49. The van der Waals surface area contributed by atoms with Crippen molar-refractivity contribution < 1.29 is 29.3 Å². The van der Waals surface area contributed by atoms with Gasteiger partial charge in [0, 0.05) is 45.3 Å². The van der Waals surface area contributed by atoms with Gasteiger partial charge in [0.15, 0.2) is 11.5 Å². The van der Waals surface area contributed by atoms with Crippen LogP contribution in [-0.4, -0.2) is 66.3 Å². The number of carboxylic acid groups (broad SMARTS) is 2. The third kappa shape index (κ3) is 6.37. The number of nitrogens with zero attached hydrogens (tertiary/aromatic N) is 3. The number of rotatable bonds is 14. The van der Waals surface area contributed by atoms with E-state index in [1.165, 1.54) is 7.11 Å². The van der Waals surface area contributed by atoms with E-state index in [4.69, 9.17) is 9.47 Å². The van der Waals surface area contributed by atoms with Crippen LogP contribution in [0.3, 0.4) is 0 Å². The van der Waals surface area contributed by atoms with Gasteiger partial charge in [-0.25, -0.2) is 0 Å². The first-order chi connectivity index (χ1) is 24.3. The smallest absolute Gasteiger partial charge is 0.328 e. The molecule has 0 atom stereocenters. The zero-order chi connectivity index (χ0) is 34.4. The highest BCUT2D eigenvalue weighted by Gasteiger charge is 2.31. The van der Waals surface area contributed by atoms with Crippen LogP contribution in [0.4, 0.5) is 11.9 Å². The lowest BCUT2D eigenvalue weighted by molar-refractivity contribution is -0.137. The van der Waals surface area contributed by atoms with E-state index in [0.717, 1.165) is 47.5 Å². The van der Waals surface area contributed by atoms with Gasteiger partial charge in [-0.15, -0.1) is 0 Å². The molecule has 13 heteroatoms. The number of hydrogen-bond acceptors (Lipinski definition) is 9. The van der Waals surface area contributed by atoms with Crippen molar-refractivity contribution in [1.82, 2.24) is 24.9 Å². The quantitative estimate of drug-likeness (QED) is 0.0771. The van der Waals surface area contributed by atoms with Crippen molar-refractivity contribution in [3.63, 3.8) is 0 Å². The number of carboxylic acids is 2. The lowest BCUT2D eigenvalue weighted by Crippen LogP contribution is -2.13. The third-order valence-corrected chi connectivity index (χ3v) is 9.08. The first-order valence-electron chi connectivity index (χ1n) is 16.6. The Morgan fingerprint density at radius 3 is 1.76 bits per heavy atom. The summed E-state index contributed by atoms with van der Waals surface area (Å²) in [5, 5.41) is 28.2. The van der Waals surface area contributed by atoms with Gasteiger partial charge in [-0.1, -0.05) is 42.5 Å². The molecule has 6 N–H and O–H groups in total. The van der Waals surface area contributed by atoms with Crippen molar-refractivity contribution in [3.05, 3.63) is 94.8 Å². The Labute approximate surface area is 286 Å². The summed E-state index contributed by atoms with van der Waals surface area (Å²) in [5.74, 6) is -0.989. The van der Waals surface area contributed by atoms with Crippen molar-refractivity contribution in [1.29, 1.82) is 0 Å². The van der Waals surface area contributed by atoms with Gasteiger partial charge in [0.2, 0.25) is 11.9 Å². The number of ether oxygens (including phenoxy) is 2. The zero-order valence-electron chi connectivity index (χ0n) is 27.2. The molecule has 3 heterocycles. The predicted octanol–water partition coefficient (Wildman–Crippen LogP) is 6.22. The van der Waals surface area contributed by atoms with Crippen LogP contribution in [0.2, 0.25) is 0 Å². The summed E-state index contributed by atoms with van der Waals surface area (Å²) in [6, 6.07) is 21.3. The minimum Gasteiger partial charge on any atom is -0.493 e. The highest BCUT2D eigenvalue weighted by molar-refractivity contribution is 5.91. The van der Waals surface area contributed by atoms with Crippen LogP contribution in [0.1, 0.15) is 59.7 Å². The Morgan fingerprint density at radius 1 is 0.760 bits per heavy atom. The molecule has 13 nitrogen and oxygen atoms in total. The van der Waals surface area contributed by atoms with Crippen LogP contribution in [0.25, 0.3) is 21.8 Å². The van der Waals surface area contributed by atoms with Crippen molar-refractivity contribution in [2.45, 2.75) is 56.5 Å². The normalized spacial score (nSPS) is 14.3. The number of fused-ring (bicyclic) bond motifs is 2. The lowest BCUT2D eigenvalue weighted by Gasteiger charge is -2.21. The maximum Gasteiger partial charge on any atom is 0.328 e. The largest absolute Gasteiger partial charge is 0.493 e. The highest BCUT2D eigenvalue weighted by Crippen LogP contribution is 2.43. The van der Waals surface area contributed by atoms with E-state index >= 15 is 0 Å². The number of anilines is 2. The van der Waals surface area contributed by atoms with Crippen LogP contribution in [0, 0.1) is 0 Å². The van der Waals surface area contributed by atoms with Crippen molar-refractivity contribution in [2.24, 2.45) is 0 Å². The van der Waals surface area contributed by atoms with Gasteiger partial charge in [-0.2, -0.15) is 15.0 Å². The van der Waals surface area contributed by atoms with E-state index in [2.05, 4.69) is 35.6 Å². The molecule has 0 bridgehead atoms. The number of nitrogens with one attached hydrogen (secondary N) is 4. The molecule has 0 saturated heterocycles. The average Bonchev–Trinajstić information content (AvgIpc) is 4.03. The van der Waals surface area contributed by atoms with Crippen molar-refractivity contribution in [3.8, 4) is 17.5 Å². The maximum absolute atomic E-state index is 12.2. The minimum atomic E-state index is -0.984. The number of H-pyrrole nitrogens is 2. The number of para-hydroxylation sites is 2. The Balaban J connectivity index is 1.26. The van der Waals surface area contributed by atoms with Gasteiger partial charge in [0.25, 0.3) is 0 Å². The second kappa shape index (κ2) is 12.7. The van der Waals surface area contributed by atoms with Gasteiger partial charge >= 0.3 is 17.9 Å². The highest BCUT2D eigenvalue weighted by atomic mass is 16.5. The monoisotopic (exact) mass is 673 g/mol. The van der Waals surface area contributed by atoms with Crippen LogP contribution >= 0.6 is 0 Å². The van der Waals surface area contributed by atoms with E-state index in [1.54, 1.807) is 6.07 Å². The minimum absolute atomic E-state index is 0.104. The topological polar surface area (TPSA) is 187 Å². The molecular weight excluding hydrogens is 638 g/mol. The van der Waals surface area contributed by atoms with Crippen LogP contribution in [0.5, 0.6) is 17.5 Å². The fraction of sp³-hybridized carbons (Fsp3) is 0.270. The molecule has 2 saturated carbocycles. The number of benzene rings is 3. The molecule has 0 amide bonds. The van der Waals surface area contributed by atoms with Gasteiger partial charge < -0.3 is 40.3 Å². The summed E-state index contributed by atoms with van der Waals surface area (Å²) in [6.07, 6.45) is 3.74. The molecule has 0 aliphatic heterocycles. The molecule has 8 rings (SSSR count). The van der Waals surface area contributed by atoms with Crippen LogP contribution in [-0.2, 0) is 22.4 Å². The molecule has 0 unspecified atom stereocenters. The van der Waals surface area contributed by atoms with Gasteiger partial charge in [0.1, 0.15) is 0 Å². The lowest BCUT2D eigenvalue weighted by atomic mass is 9.86. The number of aliphatic carboxylic acids is 2. The van der Waals surface area contributed by atoms with Crippen molar-refractivity contribution in [2.75, 3.05) is 17.7 Å². The summed E-state index contributed by atoms with van der Waals surface area (Å²) in [7, 11) is 1.53. The molecule has 3 aromatic heterocycles. The second-order valence-corrected chi connectivity index (χ2v) is 12.8. The Hall–Kier alpha value is -6.11. The third-order valence-electron chi connectivity index (χ3n) is 9.08. The van der Waals surface area contributed by atoms with Gasteiger partial charge in [0.05, 0.1) is 25.9 Å². The number of carbonyl (C=O) groups is 2. The Bertz CT molecular complexity index is 2130. The maximum atomic E-state index is 12.2. The number of aromatic nitrogens is 5. The Morgan fingerprint density at radius 2 is 1.28 bits per heavy atom. The summed E-state index contributed by atoms with van der Waals surface area (Å²) in [4.78, 5) is 45.0. The molecule has 2 aliphatic carbocycles. The fourth-order valence-electron chi connectivity index (χ4n) is 6.49. The predicted molar refractivity (Wildman–Crippen MR) is 186 cm³/mol. The van der Waals surface area contributed by atoms with E-state index in [1.807, 2.05) is 60.7 Å². The second-order valence-electron chi connectivity index (χ2n) is 12.8.